The first kappa shape index (κ1) is 18.4. The molecule has 0 aliphatic carbocycles. The highest BCUT2D eigenvalue weighted by Crippen LogP contribution is 2.38. The number of hydrogen-bond acceptors (Lipinski definition) is 6. The number of amides is 2. The minimum absolute atomic E-state index is 0.238. The zero-order valence-electron chi connectivity index (χ0n) is 15.1. The molecule has 0 spiro atoms. The third-order valence-corrected chi connectivity index (χ3v) is 5.29. The fraction of sp³-hybridized carbons (Fsp3) is 0.300. The number of rotatable bonds is 4. The van der Waals surface area contributed by atoms with Crippen molar-refractivity contribution in [1.29, 1.82) is 0 Å². The van der Waals surface area contributed by atoms with E-state index in [0.717, 1.165) is 11.3 Å². The fourth-order valence-electron chi connectivity index (χ4n) is 3.84. The number of aliphatic hydroxyl groups excluding tert-OH is 1. The number of fused-ring (bicyclic) bond motifs is 1. The van der Waals surface area contributed by atoms with Gasteiger partial charge in [-0.3, -0.25) is 19.8 Å². The maximum atomic E-state index is 14.0. The number of nitrogens with zero attached hydrogens (tertiary/aromatic N) is 1. The van der Waals surface area contributed by atoms with Crippen LogP contribution < -0.4 is 16.4 Å². The maximum absolute atomic E-state index is 14.0. The number of hydrogen-bond donors (Lipinski definition) is 4. The molecule has 2 aliphatic heterocycles. The van der Waals surface area contributed by atoms with E-state index < -0.39 is 12.3 Å². The van der Waals surface area contributed by atoms with Gasteiger partial charge >= 0.3 is 0 Å². The van der Waals surface area contributed by atoms with E-state index in [4.69, 9.17) is 5.73 Å². The predicted octanol–water partition coefficient (Wildman–Crippen LogP) is 1.63. The normalized spacial score (nSPS) is 22.1. The standard InChI is InChI=1S/C20H21FN4O3/c21-15-5-4-12(22)8-11(15)9-23-16-3-1-2-13-14(16)10-25(20(13)28)17-6-7-18(26)24-19(17)27/h1-5,8,17,20,23,28H,6-7,9-10,22H2,(H,24,26,27)/t17-,20?/m0/s1. The molecular formula is C20H21FN4O3. The van der Waals surface area contributed by atoms with Crippen LogP contribution in [0.25, 0.3) is 0 Å². The number of anilines is 2. The largest absolute Gasteiger partial charge is 0.399 e. The molecule has 146 valence electrons. The van der Waals surface area contributed by atoms with Crippen LogP contribution in [0.5, 0.6) is 0 Å². The lowest BCUT2D eigenvalue weighted by atomic mass is 10.0. The number of imide groups is 1. The molecule has 2 aromatic carbocycles. The second-order valence-corrected chi connectivity index (χ2v) is 7.09. The van der Waals surface area contributed by atoms with Gasteiger partial charge in [0, 0.05) is 42.0 Å². The van der Waals surface area contributed by atoms with Gasteiger partial charge in [-0.25, -0.2) is 4.39 Å². The molecule has 2 heterocycles. The molecule has 0 radical (unpaired) electrons. The molecule has 7 nitrogen and oxygen atoms in total. The quantitative estimate of drug-likeness (QED) is 0.471. The van der Waals surface area contributed by atoms with Gasteiger partial charge in [-0.2, -0.15) is 0 Å². The Morgan fingerprint density at radius 2 is 2.11 bits per heavy atom. The summed E-state index contributed by atoms with van der Waals surface area (Å²) in [7, 11) is 0. The third kappa shape index (κ3) is 3.32. The number of carbonyl (C=O) groups excluding carboxylic acids is 2. The fourth-order valence-corrected chi connectivity index (χ4v) is 3.84. The van der Waals surface area contributed by atoms with Crippen LogP contribution in [0, 0.1) is 5.82 Å². The van der Waals surface area contributed by atoms with Gasteiger partial charge in [0.15, 0.2) is 0 Å². The number of nitrogens with two attached hydrogens (primary N) is 1. The molecular weight excluding hydrogens is 363 g/mol. The van der Waals surface area contributed by atoms with E-state index in [1.165, 1.54) is 12.1 Å². The van der Waals surface area contributed by atoms with Gasteiger partial charge < -0.3 is 16.2 Å². The van der Waals surface area contributed by atoms with Gasteiger partial charge in [0.05, 0.1) is 6.04 Å². The van der Waals surface area contributed by atoms with Crippen molar-refractivity contribution >= 4 is 23.2 Å². The van der Waals surface area contributed by atoms with Crippen LogP contribution in [0.2, 0.25) is 0 Å². The predicted molar refractivity (Wildman–Crippen MR) is 101 cm³/mol. The zero-order valence-corrected chi connectivity index (χ0v) is 15.1. The van der Waals surface area contributed by atoms with Gasteiger partial charge in [0.1, 0.15) is 12.0 Å². The van der Waals surface area contributed by atoms with E-state index in [1.54, 1.807) is 23.1 Å². The minimum Gasteiger partial charge on any atom is -0.399 e. The average molecular weight is 384 g/mol. The summed E-state index contributed by atoms with van der Waals surface area (Å²) in [5.41, 5.74) is 8.96. The number of nitrogen functional groups attached to an aromatic ring is 1. The Morgan fingerprint density at radius 1 is 1.29 bits per heavy atom. The summed E-state index contributed by atoms with van der Waals surface area (Å²) in [5.74, 6) is -1.03. The summed E-state index contributed by atoms with van der Waals surface area (Å²) in [6.45, 7) is 0.590. The number of benzene rings is 2. The number of aliphatic hydroxyl groups is 1. The van der Waals surface area contributed by atoms with Crippen LogP contribution in [-0.4, -0.2) is 27.9 Å². The van der Waals surface area contributed by atoms with Crippen molar-refractivity contribution in [2.45, 2.75) is 38.2 Å². The van der Waals surface area contributed by atoms with Crippen molar-refractivity contribution in [2.24, 2.45) is 0 Å². The molecule has 2 amide bonds. The summed E-state index contributed by atoms with van der Waals surface area (Å²) >= 11 is 0. The number of carbonyl (C=O) groups is 2. The molecule has 0 saturated carbocycles. The Balaban J connectivity index is 1.54. The smallest absolute Gasteiger partial charge is 0.244 e. The molecule has 2 atom stereocenters. The summed E-state index contributed by atoms with van der Waals surface area (Å²) < 4.78 is 14.0. The van der Waals surface area contributed by atoms with E-state index >= 15 is 0 Å². The van der Waals surface area contributed by atoms with Crippen LogP contribution in [-0.2, 0) is 22.7 Å². The Kier molecular flexibility index (Phi) is 4.74. The molecule has 5 N–H and O–H groups in total. The Bertz CT molecular complexity index is 949. The summed E-state index contributed by atoms with van der Waals surface area (Å²) in [6, 6.07) is 9.30. The SMILES string of the molecule is Nc1ccc(F)c(CNc2cccc3c2CN([C@H]2CCC(=O)NC2=O)C3O)c1. The van der Waals surface area contributed by atoms with Crippen molar-refractivity contribution in [3.8, 4) is 0 Å². The number of piperidine rings is 1. The lowest BCUT2D eigenvalue weighted by molar-refractivity contribution is -0.141. The van der Waals surface area contributed by atoms with Crippen LogP contribution in [0.15, 0.2) is 36.4 Å². The van der Waals surface area contributed by atoms with Crippen molar-refractivity contribution in [1.82, 2.24) is 10.2 Å². The highest BCUT2D eigenvalue weighted by molar-refractivity contribution is 6.00. The lowest BCUT2D eigenvalue weighted by Gasteiger charge is -2.31. The summed E-state index contributed by atoms with van der Waals surface area (Å²) in [4.78, 5) is 25.3. The molecule has 0 bridgehead atoms. The van der Waals surface area contributed by atoms with Crippen LogP contribution >= 0.6 is 0 Å². The first-order chi connectivity index (χ1) is 13.4. The Labute approximate surface area is 161 Å². The van der Waals surface area contributed by atoms with Crippen molar-refractivity contribution in [2.75, 3.05) is 11.1 Å². The topological polar surface area (TPSA) is 108 Å². The minimum atomic E-state index is -0.940. The Morgan fingerprint density at radius 3 is 2.89 bits per heavy atom. The summed E-state index contributed by atoms with van der Waals surface area (Å²) in [5, 5.41) is 16.3. The van der Waals surface area contributed by atoms with Crippen LogP contribution in [0.4, 0.5) is 15.8 Å². The molecule has 0 aromatic heterocycles. The van der Waals surface area contributed by atoms with Crippen molar-refractivity contribution in [3.05, 3.63) is 58.9 Å². The molecule has 8 heteroatoms. The lowest BCUT2D eigenvalue weighted by Crippen LogP contribution is -2.51. The first-order valence-electron chi connectivity index (χ1n) is 9.11. The average Bonchev–Trinajstić information content (AvgIpc) is 3.00. The molecule has 28 heavy (non-hydrogen) atoms. The van der Waals surface area contributed by atoms with E-state index in [-0.39, 0.29) is 30.6 Å². The van der Waals surface area contributed by atoms with Crippen molar-refractivity contribution in [3.63, 3.8) is 0 Å². The van der Waals surface area contributed by atoms with Crippen LogP contribution in [0.3, 0.4) is 0 Å². The highest BCUT2D eigenvalue weighted by atomic mass is 19.1. The monoisotopic (exact) mass is 384 g/mol. The summed E-state index contributed by atoms with van der Waals surface area (Å²) in [6.07, 6.45) is -0.326. The molecule has 1 fully saturated rings. The van der Waals surface area contributed by atoms with E-state index in [2.05, 4.69) is 10.6 Å². The van der Waals surface area contributed by atoms with Gasteiger partial charge in [-0.05, 0) is 36.2 Å². The molecule has 1 unspecified atom stereocenters. The highest BCUT2D eigenvalue weighted by Gasteiger charge is 2.40. The van der Waals surface area contributed by atoms with Gasteiger partial charge in [0.2, 0.25) is 11.8 Å². The number of halogens is 1. The van der Waals surface area contributed by atoms with Crippen LogP contribution in [0.1, 0.15) is 35.8 Å². The van der Waals surface area contributed by atoms with E-state index in [9.17, 15) is 19.1 Å². The second kappa shape index (κ2) is 7.21. The molecule has 1 saturated heterocycles. The second-order valence-electron chi connectivity index (χ2n) is 7.09. The van der Waals surface area contributed by atoms with Gasteiger partial charge in [0.25, 0.3) is 0 Å². The third-order valence-electron chi connectivity index (χ3n) is 5.29. The maximum Gasteiger partial charge on any atom is 0.244 e. The zero-order chi connectivity index (χ0) is 19.8. The molecule has 2 aliphatic rings. The van der Waals surface area contributed by atoms with Gasteiger partial charge in [-0.15, -0.1) is 0 Å². The first-order valence-corrected chi connectivity index (χ1v) is 9.11. The van der Waals surface area contributed by atoms with Gasteiger partial charge in [-0.1, -0.05) is 12.1 Å². The number of nitrogens with one attached hydrogen (secondary N) is 2. The van der Waals surface area contributed by atoms with Crippen molar-refractivity contribution < 1.29 is 19.1 Å². The van der Waals surface area contributed by atoms with E-state index in [1.807, 2.05) is 6.07 Å². The Hall–Kier alpha value is -2.97. The van der Waals surface area contributed by atoms with E-state index in [0.29, 0.717) is 29.8 Å². The molecule has 4 rings (SSSR count). The molecule has 2 aromatic rings.